The van der Waals surface area contributed by atoms with Crippen LogP contribution in [0.3, 0.4) is 0 Å². The van der Waals surface area contributed by atoms with E-state index in [4.69, 9.17) is 9.15 Å². The number of thioether (sulfide) groups is 1. The third-order valence-electron chi connectivity index (χ3n) is 2.80. The van der Waals surface area contributed by atoms with Crippen LogP contribution in [0.4, 0.5) is 4.79 Å². The lowest BCUT2D eigenvalue weighted by Gasteiger charge is -2.20. The van der Waals surface area contributed by atoms with Crippen molar-refractivity contribution in [3.8, 4) is 0 Å². The molecule has 2 rings (SSSR count). The molecule has 0 radical (unpaired) electrons. The van der Waals surface area contributed by atoms with E-state index in [9.17, 15) is 4.79 Å². The Balaban J connectivity index is 1.87. The van der Waals surface area contributed by atoms with E-state index in [-0.39, 0.29) is 0 Å². The second-order valence-electron chi connectivity index (χ2n) is 6.19. The molecule has 6 nitrogen and oxygen atoms in total. The lowest BCUT2D eigenvalue weighted by atomic mass is 10.2. The number of rotatable bonds is 5. The Morgan fingerprint density at radius 1 is 1.33 bits per heavy atom. The molecule has 0 saturated heterocycles. The Kier molecular flexibility index (Phi) is 6.28. The predicted molar refractivity (Wildman–Crippen MR) is 95.8 cm³/mol. The maximum absolute atomic E-state index is 11.8. The van der Waals surface area contributed by atoms with Crippen LogP contribution in [0.2, 0.25) is 0 Å². The Hall–Kier alpha value is -1.54. The third kappa shape index (κ3) is 6.16. The Labute approximate surface area is 153 Å². The molecule has 2 aromatic rings. The highest BCUT2D eigenvalue weighted by Crippen LogP contribution is 2.24. The molecule has 0 aliphatic carbocycles. The minimum atomic E-state index is -0.551. The second-order valence-corrected chi connectivity index (χ2v) is 8.03. The number of carbonyl (C=O) groups is 1. The van der Waals surface area contributed by atoms with Crippen molar-refractivity contribution in [2.24, 2.45) is 0 Å². The van der Waals surface area contributed by atoms with Gasteiger partial charge in [0.15, 0.2) is 0 Å². The van der Waals surface area contributed by atoms with Gasteiger partial charge in [0.25, 0.3) is 5.22 Å². The number of carbonyl (C=O) groups excluding carboxylic acids is 1. The molecular weight excluding hydrogens is 394 g/mol. The van der Waals surface area contributed by atoms with Crippen LogP contribution in [0.15, 0.2) is 38.4 Å². The van der Waals surface area contributed by atoms with E-state index < -0.39 is 17.7 Å². The number of hydrogen-bond acceptors (Lipinski definition) is 6. The van der Waals surface area contributed by atoms with Gasteiger partial charge in [-0.2, -0.15) is 0 Å². The third-order valence-corrected chi connectivity index (χ3v) is 4.22. The molecule has 24 heavy (non-hydrogen) atoms. The van der Waals surface area contributed by atoms with Crippen molar-refractivity contribution in [2.45, 2.75) is 50.3 Å². The van der Waals surface area contributed by atoms with Crippen LogP contribution in [-0.2, 0) is 10.5 Å². The molecule has 0 aliphatic rings. The summed E-state index contributed by atoms with van der Waals surface area (Å²) in [5.41, 5.74) is 0.604. The van der Waals surface area contributed by atoms with Crippen molar-refractivity contribution in [3.05, 3.63) is 40.2 Å². The van der Waals surface area contributed by atoms with Gasteiger partial charge in [0.05, 0.1) is 0 Å². The van der Waals surface area contributed by atoms with Crippen LogP contribution in [0.1, 0.15) is 45.2 Å². The van der Waals surface area contributed by atoms with Crippen LogP contribution >= 0.6 is 27.7 Å². The van der Waals surface area contributed by atoms with Gasteiger partial charge in [-0.25, -0.2) is 4.79 Å². The zero-order chi connectivity index (χ0) is 17.7. The summed E-state index contributed by atoms with van der Waals surface area (Å²) in [7, 11) is 0. The number of aromatic nitrogens is 2. The topological polar surface area (TPSA) is 77.2 Å². The van der Waals surface area contributed by atoms with E-state index in [0.29, 0.717) is 11.1 Å². The maximum atomic E-state index is 11.8. The minimum Gasteiger partial charge on any atom is -0.444 e. The number of alkyl carbamates (subject to hydrolysis) is 1. The fourth-order valence-electron chi connectivity index (χ4n) is 1.73. The van der Waals surface area contributed by atoms with Crippen molar-refractivity contribution in [3.63, 3.8) is 0 Å². The smallest absolute Gasteiger partial charge is 0.408 e. The zero-order valence-corrected chi connectivity index (χ0v) is 16.4. The number of hydrogen-bond donors (Lipinski definition) is 1. The summed E-state index contributed by atoms with van der Waals surface area (Å²) in [6, 6.07) is 7.61. The molecule has 1 aromatic heterocycles. The largest absolute Gasteiger partial charge is 0.444 e. The molecule has 0 bridgehead atoms. The van der Waals surface area contributed by atoms with Gasteiger partial charge in [0, 0.05) is 10.2 Å². The molecule has 0 fully saturated rings. The molecule has 8 heteroatoms. The van der Waals surface area contributed by atoms with Crippen LogP contribution in [0.25, 0.3) is 0 Å². The summed E-state index contributed by atoms with van der Waals surface area (Å²) in [6.45, 7) is 7.18. The van der Waals surface area contributed by atoms with Crippen molar-refractivity contribution in [1.82, 2.24) is 15.5 Å². The fourth-order valence-corrected chi connectivity index (χ4v) is 2.72. The molecule has 1 N–H and O–H groups in total. The summed E-state index contributed by atoms with van der Waals surface area (Å²) in [5, 5.41) is 11.1. The molecule has 1 amide bonds. The molecular formula is C16H20BrN3O3S. The molecule has 0 saturated carbocycles. The van der Waals surface area contributed by atoms with Gasteiger partial charge in [0.2, 0.25) is 5.89 Å². The van der Waals surface area contributed by atoms with Crippen LogP contribution in [0, 0.1) is 0 Å². The molecule has 1 heterocycles. The van der Waals surface area contributed by atoms with Gasteiger partial charge < -0.3 is 14.5 Å². The van der Waals surface area contributed by atoms with E-state index in [1.54, 1.807) is 27.7 Å². The van der Waals surface area contributed by atoms with Crippen molar-refractivity contribution in [1.29, 1.82) is 0 Å². The summed E-state index contributed by atoms with van der Waals surface area (Å²) in [5.74, 6) is 1.07. The molecule has 1 unspecified atom stereocenters. The highest BCUT2D eigenvalue weighted by molar-refractivity contribution is 9.10. The quantitative estimate of drug-likeness (QED) is 0.714. The Morgan fingerprint density at radius 2 is 2.00 bits per heavy atom. The van der Waals surface area contributed by atoms with Gasteiger partial charge in [0.1, 0.15) is 11.6 Å². The van der Waals surface area contributed by atoms with Gasteiger partial charge in [-0.15, -0.1) is 10.2 Å². The summed E-state index contributed by atoms with van der Waals surface area (Å²) in [6.07, 6.45) is -0.516. The second kappa shape index (κ2) is 8.02. The van der Waals surface area contributed by atoms with E-state index in [2.05, 4.69) is 31.4 Å². The number of nitrogens with one attached hydrogen (secondary N) is 1. The minimum absolute atomic E-state index is 0.346. The van der Waals surface area contributed by atoms with Gasteiger partial charge >= 0.3 is 6.09 Å². The lowest BCUT2D eigenvalue weighted by Crippen LogP contribution is -2.34. The monoisotopic (exact) mass is 413 g/mol. The number of halogens is 1. The van der Waals surface area contributed by atoms with Crippen molar-refractivity contribution >= 4 is 33.8 Å². The molecule has 1 atom stereocenters. The van der Waals surface area contributed by atoms with Crippen LogP contribution in [0.5, 0.6) is 0 Å². The highest BCUT2D eigenvalue weighted by atomic mass is 79.9. The predicted octanol–water partition coefficient (Wildman–Crippen LogP) is 4.71. The van der Waals surface area contributed by atoms with E-state index >= 15 is 0 Å². The van der Waals surface area contributed by atoms with Crippen LogP contribution < -0.4 is 5.32 Å². The lowest BCUT2D eigenvalue weighted by molar-refractivity contribution is 0.0500. The first-order valence-electron chi connectivity index (χ1n) is 7.43. The Morgan fingerprint density at radius 3 is 2.62 bits per heavy atom. The number of nitrogens with zero attached hydrogens (tertiary/aromatic N) is 2. The zero-order valence-electron chi connectivity index (χ0n) is 14.0. The first-order valence-corrected chi connectivity index (χ1v) is 9.21. The SMILES string of the molecule is CC(NC(=O)OC(C)(C)C)c1nnc(SCc2ccc(Br)cc2)o1. The average molecular weight is 414 g/mol. The van der Waals surface area contributed by atoms with Gasteiger partial charge in [-0.05, 0) is 45.4 Å². The fraction of sp³-hybridized carbons (Fsp3) is 0.438. The molecule has 0 spiro atoms. The summed E-state index contributed by atoms with van der Waals surface area (Å²) < 4.78 is 11.8. The normalized spacial score (nSPS) is 12.7. The van der Waals surface area contributed by atoms with Gasteiger partial charge in [-0.3, -0.25) is 0 Å². The molecule has 1 aromatic carbocycles. The number of amides is 1. The first kappa shape index (κ1) is 18.8. The highest BCUT2D eigenvalue weighted by Gasteiger charge is 2.21. The van der Waals surface area contributed by atoms with Crippen LogP contribution in [-0.4, -0.2) is 21.9 Å². The average Bonchev–Trinajstić information content (AvgIpc) is 2.93. The standard InChI is InChI=1S/C16H20BrN3O3S/c1-10(18-14(21)23-16(2,3)4)13-19-20-15(22-13)24-9-11-5-7-12(17)8-6-11/h5-8,10H,9H2,1-4H3,(H,18,21). The van der Waals surface area contributed by atoms with E-state index in [1.807, 2.05) is 24.3 Å². The number of ether oxygens (including phenoxy) is 1. The van der Waals surface area contributed by atoms with Crippen molar-refractivity contribution in [2.75, 3.05) is 0 Å². The Bertz CT molecular complexity index is 683. The maximum Gasteiger partial charge on any atom is 0.408 e. The summed E-state index contributed by atoms with van der Waals surface area (Å²) >= 11 is 4.85. The van der Waals surface area contributed by atoms with E-state index in [1.165, 1.54) is 11.8 Å². The molecule has 130 valence electrons. The van der Waals surface area contributed by atoms with E-state index in [0.717, 1.165) is 15.8 Å². The number of benzene rings is 1. The van der Waals surface area contributed by atoms with Crippen molar-refractivity contribution < 1.29 is 13.9 Å². The molecule has 0 aliphatic heterocycles. The first-order chi connectivity index (χ1) is 11.2. The van der Waals surface area contributed by atoms with Gasteiger partial charge in [-0.1, -0.05) is 39.8 Å². The summed E-state index contributed by atoms with van der Waals surface area (Å²) in [4.78, 5) is 11.8.